The van der Waals surface area contributed by atoms with E-state index in [9.17, 15) is 10.1 Å². The third-order valence-electron chi connectivity index (χ3n) is 3.19. The lowest BCUT2D eigenvalue weighted by Gasteiger charge is -2.20. The standard InChI is InChI=1S/C15H16BrN3O2/c1-17-13-7-4-8-14(15(13)19(20)21)18(2)10-11-5-3-6-12(16)9-11/h3-9,17H,10H2,1-2H3. The highest BCUT2D eigenvalue weighted by Crippen LogP contribution is 2.35. The van der Waals surface area contributed by atoms with E-state index in [-0.39, 0.29) is 10.6 Å². The van der Waals surface area contributed by atoms with Gasteiger partial charge in [0.05, 0.1) is 4.92 Å². The summed E-state index contributed by atoms with van der Waals surface area (Å²) in [7, 11) is 3.53. The second-order valence-corrected chi connectivity index (χ2v) is 5.58. The molecule has 1 N–H and O–H groups in total. The Morgan fingerprint density at radius 2 is 2.00 bits per heavy atom. The van der Waals surface area contributed by atoms with Crippen LogP contribution in [0.4, 0.5) is 17.1 Å². The van der Waals surface area contributed by atoms with Gasteiger partial charge in [0.1, 0.15) is 11.4 Å². The third kappa shape index (κ3) is 3.52. The Labute approximate surface area is 131 Å². The van der Waals surface area contributed by atoms with E-state index in [0.29, 0.717) is 17.9 Å². The van der Waals surface area contributed by atoms with Crippen molar-refractivity contribution in [2.75, 3.05) is 24.3 Å². The number of nitro benzene ring substituents is 1. The summed E-state index contributed by atoms with van der Waals surface area (Å²) in [6.45, 7) is 0.591. The first-order valence-electron chi connectivity index (χ1n) is 6.43. The molecule has 0 aromatic heterocycles. The number of para-hydroxylation sites is 1. The fourth-order valence-corrected chi connectivity index (χ4v) is 2.67. The number of nitro groups is 1. The molecule has 0 spiro atoms. The number of hydrogen-bond acceptors (Lipinski definition) is 4. The Bertz CT molecular complexity index is 661. The molecule has 110 valence electrons. The number of halogens is 1. The fourth-order valence-electron chi connectivity index (χ4n) is 2.23. The number of nitrogens with one attached hydrogen (secondary N) is 1. The lowest BCUT2D eigenvalue weighted by atomic mass is 10.1. The van der Waals surface area contributed by atoms with Crippen LogP contribution in [0.5, 0.6) is 0 Å². The number of hydrogen-bond donors (Lipinski definition) is 1. The quantitative estimate of drug-likeness (QED) is 0.653. The van der Waals surface area contributed by atoms with Crippen LogP contribution in [0.1, 0.15) is 5.56 Å². The van der Waals surface area contributed by atoms with Crippen LogP contribution < -0.4 is 10.2 Å². The summed E-state index contributed by atoms with van der Waals surface area (Å²) in [6, 6.07) is 13.2. The molecule has 0 amide bonds. The van der Waals surface area contributed by atoms with Gasteiger partial charge in [0, 0.05) is 25.1 Å². The van der Waals surface area contributed by atoms with Crippen molar-refractivity contribution < 1.29 is 4.92 Å². The van der Waals surface area contributed by atoms with Crippen LogP contribution in [-0.2, 0) is 6.54 Å². The Balaban J connectivity index is 2.35. The second-order valence-electron chi connectivity index (χ2n) is 4.67. The SMILES string of the molecule is CNc1cccc(N(C)Cc2cccc(Br)c2)c1[N+](=O)[O-]. The maximum atomic E-state index is 11.3. The molecule has 6 heteroatoms. The van der Waals surface area contributed by atoms with Crippen molar-refractivity contribution in [3.05, 3.63) is 62.6 Å². The highest BCUT2D eigenvalue weighted by Gasteiger charge is 2.21. The van der Waals surface area contributed by atoms with Gasteiger partial charge in [-0.1, -0.05) is 34.1 Å². The smallest absolute Gasteiger partial charge is 0.315 e. The lowest BCUT2D eigenvalue weighted by Crippen LogP contribution is -2.18. The Kier molecular flexibility index (Phi) is 4.80. The van der Waals surface area contributed by atoms with Crippen molar-refractivity contribution in [1.82, 2.24) is 0 Å². The van der Waals surface area contributed by atoms with Crippen LogP contribution in [0.3, 0.4) is 0 Å². The monoisotopic (exact) mass is 349 g/mol. The molecule has 2 rings (SSSR count). The van der Waals surface area contributed by atoms with Crippen LogP contribution in [0.15, 0.2) is 46.9 Å². The van der Waals surface area contributed by atoms with Crippen LogP contribution in [0, 0.1) is 10.1 Å². The minimum absolute atomic E-state index is 0.0949. The summed E-state index contributed by atoms with van der Waals surface area (Å²) in [5, 5.41) is 14.2. The average Bonchev–Trinajstić information content (AvgIpc) is 2.46. The number of rotatable bonds is 5. The number of nitrogens with zero attached hydrogens (tertiary/aromatic N) is 2. The van der Waals surface area contributed by atoms with Crippen LogP contribution in [-0.4, -0.2) is 19.0 Å². The molecule has 5 nitrogen and oxygen atoms in total. The molecule has 0 fully saturated rings. The summed E-state index contributed by atoms with van der Waals surface area (Å²) < 4.78 is 0.992. The number of anilines is 2. The van der Waals surface area contributed by atoms with E-state index in [1.54, 1.807) is 19.2 Å². The van der Waals surface area contributed by atoms with Crippen LogP contribution in [0.25, 0.3) is 0 Å². The topological polar surface area (TPSA) is 58.4 Å². The van der Waals surface area contributed by atoms with E-state index < -0.39 is 0 Å². The third-order valence-corrected chi connectivity index (χ3v) is 3.68. The predicted molar refractivity (Wildman–Crippen MR) is 88.9 cm³/mol. The van der Waals surface area contributed by atoms with Gasteiger partial charge < -0.3 is 10.2 Å². The van der Waals surface area contributed by atoms with E-state index in [2.05, 4.69) is 21.2 Å². The molecule has 0 radical (unpaired) electrons. The first kappa shape index (κ1) is 15.3. The lowest BCUT2D eigenvalue weighted by molar-refractivity contribution is -0.383. The summed E-state index contributed by atoms with van der Waals surface area (Å²) in [4.78, 5) is 12.9. The Morgan fingerprint density at radius 1 is 1.29 bits per heavy atom. The zero-order valence-corrected chi connectivity index (χ0v) is 13.4. The first-order chi connectivity index (χ1) is 10.0. The first-order valence-corrected chi connectivity index (χ1v) is 7.23. The molecule has 2 aromatic rings. The van der Waals surface area contributed by atoms with E-state index in [1.165, 1.54) is 0 Å². The summed E-state index contributed by atoms with van der Waals surface area (Å²) >= 11 is 3.43. The van der Waals surface area contributed by atoms with Crippen LogP contribution in [0.2, 0.25) is 0 Å². The van der Waals surface area contributed by atoms with Crippen molar-refractivity contribution in [2.45, 2.75) is 6.54 Å². The molecular weight excluding hydrogens is 334 g/mol. The van der Waals surface area contributed by atoms with Gasteiger partial charge >= 0.3 is 5.69 Å². The van der Waals surface area contributed by atoms with E-state index in [0.717, 1.165) is 10.0 Å². The largest absolute Gasteiger partial charge is 0.382 e. The Morgan fingerprint density at radius 3 is 2.62 bits per heavy atom. The zero-order valence-electron chi connectivity index (χ0n) is 11.8. The molecule has 0 atom stereocenters. The maximum absolute atomic E-state index is 11.3. The molecular formula is C15H16BrN3O2. The predicted octanol–water partition coefficient (Wildman–Crippen LogP) is 4.04. The van der Waals surface area contributed by atoms with E-state index >= 15 is 0 Å². The minimum Gasteiger partial charge on any atom is -0.382 e. The molecule has 0 aliphatic rings. The van der Waals surface area contributed by atoms with Gasteiger partial charge in [-0.15, -0.1) is 0 Å². The molecule has 0 unspecified atom stereocenters. The molecule has 0 aliphatic carbocycles. The van der Waals surface area contributed by atoms with Gasteiger partial charge in [-0.05, 0) is 29.8 Å². The molecule has 0 saturated heterocycles. The average molecular weight is 350 g/mol. The van der Waals surface area contributed by atoms with Crippen molar-refractivity contribution in [3.63, 3.8) is 0 Å². The van der Waals surface area contributed by atoms with Gasteiger partial charge in [-0.3, -0.25) is 10.1 Å². The van der Waals surface area contributed by atoms with Gasteiger partial charge in [0.2, 0.25) is 0 Å². The van der Waals surface area contributed by atoms with E-state index in [1.807, 2.05) is 42.3 Å². The normalized spacial score (nSPS) is 10.2. The van der Waals surface area contributed by atoms with Crippen molar-refractivity contribution >= 4 is 33.0 Å². The zero-order chi connectivity index (χ0) is 15.4. The minimum atomic E-state index is -0.349. The molecule has 21 heavy (non-hydrogen) atoms. The maximum Gasteiger partial charge on any atom is 0.315 e. The highest BCUT2D eigenvalue weighted by molar-refractivity contribution is 9.10. The molecule has 0 aliphatic heterocycles. The van der Waals surface area contributed by atoms with Crippen LogP contribution >= 0.6 is 15.9 Å². The van der Waals surface area contributed by atoms with Crippen molar-refractivity contribution in [3.8, 4) is 0 Å². The summed E-state index contributed by atoms with van der Waals surface area (Å²) in [5.41, 5.74) is 2.28. The molecule has 0 heterocycles. The summed E-state index contributed by atoms with van der Waals surface area (Å²) in [5.74, 6) is 0. The van der Waals surface area contributed by atoms with Gasteiger partial charge in [0.25, 0.3) is 0 Å². The fraction of sp³-hybridized carbons (Fsp3) is 0.200. The van der Waals surface area contributed by atoms with Gasteiger partial charge in [-0.2, -0.15) is 0 Å². The summed E-state index contributed by atoms with van der Waals surface area (Å²) in [6.07, 6.45) is 0. The number of benzene rings is 2. The molecule has 0 bridgehead atoms. The van der Waals surface area contributed by atoms with E-state index in [4.69, 9.17) is 0 Å². The molecule has 2 aromatic carbocycles. The van der Waals surface area contributed by atoms with Gasteiger partial charge in [0.15, 0.2) is 0 Å². The van der Waals surface area contributed by atoms with Crippen molar-refractivity contribution in [2.24, 2.45) is 0 Å². The van der Waals surface area contributed by atoms with Gasteiger partial charge in [-0.25, -0.2) is 0 Å². The highest BCUT2D eigenvalue weighted by atomic mass is 79.9. The van der Waals surface area contributed by atoms with Crippen molar-refractivity contribution in [1.29, 1.82) is 0 Å². The second kappa shape index (κ2) is 6.58. The Hall–Kier alpha value is -2.08. The molecule has 0 saturated carbocycles.